The van der Waals surface area contributed by atoms with Gasteiger partial charge in [-0.15, -0.1) is 0 Å². The number of hydrogen-bond donors (Lipinski definition) is 1. The molecule has 0 spiro atoms. The van der Waals surface area contributed by atoms with Crippen molar-refractivity contribution in [3.8, 4) is 0 Å². The van der Waals surface area contributed by atoms with Gasteiger partial charge in [-0.3, -0.25) is 14.5 Å². The summed E-state index contributed by atoms with van der Waals surface area (Å²) < 4.78 is 13.9. The van der Waals surface area contributed by atoms with Crippen LogP contribution in [0.5, 0.6) is 0 Å². The standard InChI is InChI=1S/C18H25ClFN3O2/c1-13(18(21)25)6-7-17(24)23-9-3-8-22(10-11-23)12-14-15(19)4-2-5-16(14)20/h2,4-5,13H,3,6-12H2,1H3,(H2,21,25)/t13-/m0/s1. The van der Waals surface area contributed by atoms with Gasteiger partial charge in [0.25, 0.3) is 0 Å². The van der Waals surface area contributed by atoms with Gasteiger partial charge in [0.2, 0.25) is 11.8 Å². The highest BCUT2D eigenvalue weighted by atomic mass is 35.5. The van der Waals surface area contributed by atoms with Gasteiger partial charge in [0.05, 0.1) is 0 Å². The molecule has 0 bridgehead atoms. The van der Waals surface area contributed by atoms with Gasteiger partial charge in [-0.05, 0) is 25.0 Å². The van der Waals surface area contributed by atoms with Crippen LogP contribution >= 0.6 is 11.6 Å². The molecule has 1 aliphatic rings. The van der Waals surface area contributed by atoms with E-state index in [-0.39, 0.29) is 23.5 Å². The van der Waals surface area contributed by atoms with Gasteiger partial charge in [-0.1, -0.05) is 24.6 Å². The third kappa shape index (κ3) is 5.68. The SMILES string of the molecule is C[C@@H](CCC(=O)N1CCCN(Cc2c(F)cccc2Cl)CC1)C(N)=O. The first-order chi connectivity index (χ1) is 11.9. The number of amides is 2. The van der Waals surface area contributed by atoms with E-state index in [9.17, 15) is 14.0 Å². The molecule has 1 atom stereocenters. The molecule has 5 nitrogen and oxygen atoms in total. The summed E-state index contributed by atoms with van der Waals surface area (Å²) in [6.07, 6.45) is 1.62. The normalized spacial score (nSPS) is 17.2. The number of hydrogen-bond acceptors (Lipinski definition) is 3. The maximum atomic E-state index is 13.9. The van der Waals surface area contributed by atoms with Crippen molar-refractivity contribution < 1.29 is 14.0 Å². The number of nitrogens with zero attached hydrogens (tertiary/aromatic N) is 2. The average Bonchev–Trinajstić information content (AvgIpc) is 2.81. The Hall–Kier alpha value is -1.66. The Morgan fingerprint density at radius 2 is 2.04 bits per heavy atom. The van der Waals surface area contributed by atoms with Crippen LogP contribution in [0.3, 0.4) is 0 Å². The molecular weight excluding hydrogens is 345 g/mol. The lowest BCUT2D eigenvalue weighted by atomic mass is 10.0. The molecule has 1 heterocycles. The Bertz CT molecular complexity index is 606. The molecule has 1 aromatic carbocycles. The van der Waals surface area contributed by atoms with Gasteiger partial charge in [-0.25, -0.2) is 4.39 Å². The number of rotatable bonds is 6. The van der Waals surface area contributed by atoms with Gasteiger partial charge in [0.1, 0.15) is 5.82 Å². The highest BCUT2D eigenvalue weighted by Crippen LogP contribution is 2.21. The molecule has 1 aliphatic heterocycles. The Balaban J connectivity index is 1.87. The van der Waals surface area contributed by atoms with Crippen LogP contribution in [0.15, 0.2) is 18.2 Å². The van der Waals surface area contributed by atoms with Crippen molar-refractivity contribution in [2.24, 2.45) is 11.7 Å². The second kappa shape index (κ2) is 9.15. The first-order valence-corrected chi connectivity index (χ1v) is 8.98. The molecule has 2 amide bonds. The Kier molecular flexibility index (Phi) is 7.20. The summed E-state index contributed by atoms with van der Waals surface area (Å²) >= 11 is 6.10. The molecule has 0 radical (unpaired) electrons. The minimum absolute atomic E-state index is 0.0406. The Labute approximate surface area is 152 Å². The van der Waals surface area contributed by atoms with E-state index < -0.39 is 0 Å². The quantitative estimate of drug-likeness (QED) is 0.837. The smallest absolute Gasteiger partial charge is 0.222 e. The van der Waals surface area contributed by atoms with E-state index in [1.807, 2.05) is 4.90 Å². The molecule has 0 saturated carbocycles. The van der Waals surface area contributed by atoms with Crippen molar-refractivity contribution in [1.82, 2.24) is 9.80 Å². The molecule has 0 aliphatic carbocycles. The van der Waals surface area contributed by atoms with E-state index in [0.717, 1.165) is 13.0 Å². The minimum Gasteiger partial charge on any atom is -0.369 e. The molecular formula is C18H25ClFN3O2. The van der Waals surface area contributed by atoms with E-state index in [4.69, 9.17) is 17.3 Å². The van der Waals surface area contributed by atoms with Crippen molar-refractivity contribution >= 4 is 23.4 Å². The zero-order valence-corrected chi connectivity index (χ0v) is 15.3. The second-order valence-corrected chi connectivity index (χ2v) is 6.96. The molecule has 0 unspecified atom stereocenters. The third-order valence-corrected chi connectivity index (χ3v) is 5.02. The highest BCUT2D eigenvalue weighted by molar-refractivity contribution is 6.31. The first kappa shape index (κ1) is 19.7. The van der Waals surface area contributed by atoms with Gasteiger partial charge in [-0.2, -0.15) is 0 Å². The van der Waals surface area contributed by atoms with Gasteiger partial charge in [0, 0.05) is 55.6 Å². The molecule has 1 fully saturated rings. The van der Waals surface area contributed by atoms with Crippen LogP contribution in [0.2, 0.25) is 5.02 Å². The van der Waals surface area contributed by atoms with Gasteiger partial charge in [0.15, 0.2) is 0 Å². The van der Waals surface area contributed by atoms with E-state index in [2.05, 4.69) is 4.90 Å². The summed E-state index contributed by atoms with van der Waals surface area (Å²) in [4.78, 5) is 27.3. The Morgan fingerprint density at radius 1 is 1.28 bits per heavy atom. The number of halogens is 2. The molecule has 138 valence electrons. The van der Waals surface area contributed by atoms with Crippen LogP contribution in [0, 0.1) is 11.7 Å². The average molecular weight is 370 g/mol. The summed E-state index contributed by atoms with van der Waals surface area (Å²) in [6.45, 7) is 4.89. The van der Waals surface area contributed by atoms with Crippen LogP contribution in [-0.4, -0.2) is 47.8 Å². The lowest BCUT2D eigenvalue weighted by Crippen LogP contribution is -2.35. The van der Waals surface area contributed by atoms with Gasteiger partial charge >= 0.3 is 0 Å². The third-order valence-electron chi connectivity index (χ3n) is 4.66. The van der Waals surface area contributed by atoms with Crippen LogP contribution < -0.4 is 5.73 Å². The lowest BCUT2D eigenvalue weighted by Gasteiger charge is -2.23. The number of nitrogens with two attached hydrogens (primary N) is 1. The van der Waals surface area contributed by atoms with E-state index in [1.54, 1.807) is 19.1 Å². The second-order valence-electron chi connectivity index (χ2n) is 6.55. The van der Waals surface area contributed by atoms with E-state index in [1.165, 1.54) is 6.07 Å². The minimum atomic E-state index is -0.378. The number of carbonyl (C=O) groups is 2. The summed E-state index contributed by atoms with van der Waals surface area (Å²) in [6, 6.07) is 4.69. The van der Waals surface area contributed by atoms with E-state index in [0.29, 0.717) is 49.6 Å². The molecule has 1 aromatic rings. The van der Waals surface area contributed by atoms with Crippen molar-refractivity contribution in [1.29, 1.82) is 0 Å². The highest BCUT2D eigenvalue weighted by Gasteiger charge is 2.21. The van der Waals surface area contributed by atoms with Crippen molar-refractivity contribution in [2.45, 2.75) is 32.7 Å². The first-order valence-electron chi connectivity index (χ1n) is 8.61. The molecule has 2 rings (SSSR count). The van der Waals surface area contributed by atoms with Crippen LogP contribution in [-0.2, 0) is 16.1 Å². The number of carbonyl (C=O) groups excluding carboxylic acids is 2. The monoisotopic (exact) mass is 369 g/mol. The van der Waals surface area contributed by atoms with Crippen molar-refractivity contribution in [2.75, 3.05) is 26.2 Å². The fourth-order valence-corrected chi connectivity index (χ4v) is 3.15. The zero-order valence-electron chi connectivity index (χ0n) is 14.5. The maximum Gasteiger partial charge on any atom is 0.222 e. The molecule has 2 N–H and O–H groups in total. The summed E-state index contributed by atoms with van der Waals surface area (Å²) in [7, 11) is 0. The predicted molar refractivity (Wildman–Crippen MR) is 95.5 cm³/mol. The summed E-state index contributed by atoms with van der Waals surface area (Å²) in [5.74, 6) is -0.934. The Morgan fingerprint density at radius 3 is 2.72 bits per heavy atom. The lowest BCUT2D eigenvalue weighted by molar-refractivity contribution is -0.131. The predicted octanol–water partition coefficient (Wildman–Crippen LogP) is 2.42. The molecule has 25 heavy (non-hydrogen) atoms. The summed E-state index contributed by atoms with van der Waals surface area (Å²) in [5.41, 5.74) is 5.73. The molecule has 7 heteroatoms. The topological polar surface area (TPSA) is 66.6 Å². The molecule has 0 aromatic heterocycles. The summed E-state index contributed by atoms with van der Waals surface area (Å²) in [5, 5.41) is 0.428. The maximum absolute atomic E-state index is 13.9. The van der Waals surface area contributed by atoms with E-state index >= 15 is 0 Å². The number of benzene rings is 1. The largest absolute Gasteiger partial charge is 0.369 e. The van der Waals surface area contributed by atoms with Crippen LogP contribution in [0.4, 0.5) is 4.39 Å². The van der Waals surface area contributed by atoms with Crippen LogP contribution in [0.25, 0.3) is 0 Å². The molecule has 1 saturated heterocycles. The van der Waals surface area contributed by atoms with Crippen LogP contribution in [0.1, 0.15) is 31.7 Å². The number of primary amides is 1. The zero-order chi connectivity index (χ0) is 18.4. The fraction of sp³-hybridized carbons (Fsp3) is 0.556. The fourth-order valence-electron chi connectivity index (χ4n) is 2.93. The van der Waals surface area contributed by atoms with Gasteiger partial charge < -0.3 is 10.6 Å². The van der Waals surface area contributed by atoms with Crippen molar-refractivity contribution in [3.05, 3.63) is 34.6 Å². The van der Waals surface area contributed by atoms with Crippen molar-refractivity contribution in [3.63, 3.8) is 0 Å².